The molecule has 2 rings (SSSR count). The third kappa shape index (κ3) is 4.19. The summed E-state index contributed by atoms with van der Waals surface area (Å²) in [5, 5.41) is 3.56. The molecule has 4 heteroatoms. The Hall–Kier alpha value is -0.610. The molecule has 1 amide bonds. The Morgan fingerprint density at radius 2 is 1.81 bits per heavy atom. The van der Waals surface area contributed by atoms with Gasteiger partial charge in [-0.25, -0.2) is 0 Å². The van der Waals surface area contributed by atoms with Gasteiger partial charge in [0.1, 0.15) is 0 Å². The Labute approximate surface area is 130 Å². The van der Waals surface area contributed by atoms with Gasteiger partial charge in [-0.3, -0.25) is 9.69 Å². The summed E-state index contributed by atoms with van der Waals surface area (Å²) in [4.78, 5) is 17.3. The van der Waals surface area contributed by atoms with Crippen molar-refractivity contribution in [3.05, 3.63) is 0 Å². The quantitative estimate of drug-likeness (QED) is 0.816. The highest BCUT2D eigenvalue weighted by Crippen LogP contribution is 2.34. The summed E-state index contributed by atoms with van der Waals surface area (Å²) in [6.07, 6.45) is 8.63. The molecular formula is C17H33N3O. The molecule has 4 nitrogen and oxygen atoms in total. The molecule has 0 radical (unpaired) electrons. The van der Waals surface area contributed by atoms with Gasteiger partial charge in [0.25, 0.3) is 0 Å². The SMILES string of the molecule is CCCN(CCC)C(=O)CN1CCNCC12CCCCC2. The summed E-state index contributed by atoms with van der Waals surface area (Å²) in [5.41, 5.74) is 0.260. The molecule has 21 heavy (non-hydrogen) atoms. The van der Waals surface area contributed by atoms with Crippen molar-refractivity contribution in [3.63, 3.8) is 0 Å². The minimum atomic E-state index is 0.260. The van der Waals surface area contributed by atoms with E-state index >= 15 is 0 Å². The van der Waals surface area contributed by atoms with E-state index in [0.717, 1.165) is 45.6 Å². The van der Waals surface area contributed by atoms with E-state index in [-0.39, 0.29) is 5.54 Å². The fourth-order valence-electron chi connectivity index (χ4n) is 4.00. The first-order valence-electron chi connectivity index (χ1n) is 8.95. The number of carbonyl (C=O) groups excluding carboxylic acids is 1. The van der Waals surface area contributed by atoms with Gasteiger partial charge in [-0.2, -0.15) is 0 Å². The zero-order valence-corrected chi connectivity index (χ0v) is 14.0. The van der Waals surface area contributed by atoms with Gasteiger partial charge in [-0.1, -0.05) is 33.1 Å². The van der Waals surface area contributed by atoms with Crippen LogP contribution in [0, 0.1) is 0 Å². The Balaban J connectivity index is 1.99. The molecule has 1 N–H and O–H groups in total. The van der Waals surface area contributed by atoms with Crippen LogP contribution in [0.25, 0.3) is 0 Å². The summed E-state index contributed by atoms with van der Waals surface area (Å²) in [6.45, 7) is 9.88. The number of carbonyl (C=O) groups is 1. The Morgan fingerprint density at radius 3 is 2.43 bits per heavy atom. The Morgan fingerprint density at radius 1 is 1.14 bits per heavy atom. The van der Waals surface area contributed by atoms with Crippen LogP contribution in [-0.4, -0.2) is 60.5 Å². The first-order valence-corrected chi connectivity index (χ1v) is 8.95. The topological polar surface area (TPSA) is 35.6 Å². The van der Waals surface area contributed by atoms with Crippen molar-refractivity contribution in [2.45, 2.75) is 64.3 Å². The predicted octanol–water partition coefficient (Wildman–Crippen LogP) is 2.24. The van der Waals surface area contributed by atoms with Crippen molar-refractivity contribution in [1.82, 2.24) is 15.1 Å². The van der Waals surface area contributed by atoms with Crippen molar-refractivity contribution in [3.8, 4) is 0 Å². The van der Waals surface area contributed by atoms with Crippen LogP contribution in [0.4, 0.5) is 0 Å². The highest BCUT2D eigenvalue weighted by molar-refractivity contribution is 5.78. The summed E-state index contributed by atoms with van der Waals surface area (Å²) in [5.74, 6) is 0.338. The highest BCUT2D eigenvalue weighted by Gasteiger charge is 2.40. The molecule has 0 aromatic rings. The molecule has 0 unspecified atom stereocenters. The number of hydrogen-bond acceptors (Lipinski definition) is 3. The van der Waals surface area contributed by atoms with Gasteiger partial charge in [0, 0.05) is 38.3 Å². The standard InChI is InChI=1S/C17H33N3O/c1-3-11-19(12-4-2)16(21)14-20-13-10-18-15-17(20)8-6-5-7-9-17/h18H,3-15H2,1-2H3. The lowest BCUT2D eigenvalue weighted by atomic mass is 9.79. The van der Waals surface area contributed by atoms with E-state index in [1.54, 1.807) is 0 Å². The average molecular weight is 295 g/mol. The van der Waals surface area contributed by atoms with Gasteiger partial charge >= 0.3 is 0 Å². The van der Waals surface area contributed by atoms with Crippen LogP contribution < -0.4 is 5.32 Å². The van der Waals surface area contributed by atoms with Gasteiger partial charge in [0.15, 0.2) is 0 Å². The van der Waals surface area contributed by atoms with Gasteiger partial charge in [0.05, 0.1) is 6.54 Å². The van der Waals surface area contributed by atoms with Crippen molar-refractivity contribution < 1.29 is 4.79 Å². The molecule has 1 aliphatic carbocycles. The molecule has 0 atom stereocenters. The van der Waals surface area contributed by atoms with E-state index in [4.69, 9.17) is 0 Å². The second-order valence-corrected chi connectivity index (χ2v) is 6.76. The van der Waals surface area contributed by atoms with Crippen LogP contribution in [0.1, 0.15) is 58.8 Å². The van der Waals surface area contributed by atoms with E-state index in [1.807, 2.05) is 0 Å². The van der Waals surface area contributed by atoms with E-state index in [2.05, 4.69) is 29.0 Å². The molecular weight excluding hydrogens is 262 g/mol. The normalized spacial score (nSPS) is 22.4. The molecule has 0 bridgehead atoms. The summed E-state index contributed by atoms with van der Waals surface area (Å²) < 4.78 is 0. The Bertz CT molecular complexity index is 312. The molecule has 1 heterocycles. The Kier molecular flexibility index (Phi) is 6.49. The van der Waals surface area contributed by atoms with Crippen LogP contribution >= 0.6 is 0 Å². The van der Waals surface area contributed by atoms with Gasteiger partial charge < -0.3 is 10.2 Å². The summed E-state index contributed by atoms with van der Waals surface area (Å²) in [7, 11) is 0. The fourth-order valence-corrected chi connectivity index (χ4v) is 4.00. The van der Waals surface area contributed by atoms with E-state index < -0.39 is 0 Å². The molecule has 1 spiro atoms. The lowest BCUT2D eigenvalue weighted by Gasteiger charge is -2.50. The fraction of sp³-hybridized carbons (Fsp3) is 0.941. The molecule has 0 aromatic carbocycles. The largest absolute Gasteiger partial charge is 0.342 e. The lowest BCUT2D eigenvalue weighted by Crippen LogP contribution is -2.63. The molecule has 2 fully saturated rings. The number of nitrogens with one attached hydrogen (secondary N) is 1. The van der Waals surface area contributed by atoms with Crippen LogP contribution in [0.5, 0.6) is 0 Å². The van der Waals surface area contributed by atoms with E-state index in [9.17, 15) is 4.79 Å². The number of rotatable bonds is 6. The average Bonchev–Trinajstić information content (AvgIpc) is 2.50. The summed E-state index contributed by atoms with van der Waals surface area (Å²) in [6, 6.07) is 0. The maximum atomic E-state index is 12.7. The van der Waals surface area contributed by atoms with Gasteiger partial charge in [-0.05, 0) is 25.7 Å². The summed E-state index contributed by atoms with van der Waals surface area (Å²) >= 11 is 0. The number of amides is 1. The number of piperazine rings is 1. The number of hydrogen-bond donors (Lipinski definition) is 1. The van der Waals surface area contributed by atoms with Crippen LogP contribution in [0.3, 0.4) is 0 Å². The van der Waals surface area contributed by atoms with E-state index in [0.29, 0.717) is 12.5 Å². The van der Waals surface area contributed by atoms with Crippen molar-refractivity contribution >= 4 is 5.91 Å². The lowest BCUT2D eigenvalue weighted by molar-refractivity contribution is -0.135. The third-order valence-corrected chi connectivity index (χ3v) is 5.13. The molecule has 1 aliphatic heterocycles. The molecule has 0 aromatic heterocycles. The first-order chi connectivity index (χ1) is 10.2. The second-order valence-electron chi connectivity index (χ2n) is 6.76. The van der Waals surface area contributed by atoms with Gasteiger partial charge in [-0.15, -0.1) is 0 Å². The minimum absolute atomic E-state index is 0.260. The second kappa shape index (κ2) is 8.14. The monoisotopic (exact) mass is 295 g/mol. The van der Waals surface area contributed by atoms with Crippen molar-refractivity contribution in [1.29, 1.82) is 0 Å². The van der Waals surface area contributed by atoms with Crippen LogP contribution in [-0.2, 0) is 4.79 Å². The highest BCUT2D eigenvalue weighted by atomic mass is 16.2. The molecule has 2 aliphatic rings. The van der Waals surface area contributed by atoms with Crippen LogP contribution in [0.15, 0.2) is 0 Å². The maximum absolute atomic E-state index is 12.7. The van der Waals surface area contributed by atoms with Crippen molar-refractivity contribution in [2.24, 2.45) is 0 Å². The number of nitrogens with zero attached hydrogens (tertiary/aromatic N) is 2. The zero-order chi connectivity index (χ0) is 15.1. The molecule has 122 valence electrons. The third-order valence-electron chi connectivity index (χ3n) is 5.13. The smallest absolute Gasteiger partial charge is 0.236 e. The molecule has 1 saturated heterocycles. The van der Waals surface area contributed by atoms with Crippen LogP contribution in [0.2, 0.25) is 0 Å². The first kappa shape index (κ1) is 16.8. The zero-order valence-electron chi connectivity index (χ0n) is 14.0. The van der Waals surface area contributed by atoms with Crippen molar-refractivity contribution in [2.75, 3.05) is 39.3 Å². The predicted molar refractivity (Wildman–Crippen MR) is 87.4 cm³/mol. The maximum Gasteiger partial charge on any atom is 0.236 e. The van der Waals surface area contributed by atoms with E-state index in [1.165, 1.54) is 32.1 Å². The van der Waals surface area contributed by atoms with Gasteiger partial charge in [0.2, 0.25) is 5.91 Å². The minimum Gasteiger partial charge on any atom is -0.342 e. The molecule has 1 saturated carbocycles.